The molecule has 1 N–H and O–H groups in total. The Morgan fingerprint density at radius 2 is 2.27 bits per heavy atom. The molecular formula is C12H17NO2. The van der Waals surface area contributed by atoms with E-state index < -0.39 is 11.4 Å². The molecule has 1 aromatic heterocycles. The quantitative estimate of drug-likeness (QED) is 0.807. The van der Waals surface area contributed by atoms with Gasteiger partial charge in [-0.2, -0.15) is 0 Å². The van der Waals surface area contributed by atoms with E-state index in [1.54, 1.807) is 20.0 Å². The van der Waals surface area contributed by atoms with Crippen LogP contribution >= 0.6 is 0 Å². The second-order valence-corrected chi connectivity index (χ2v) is 4.40. The highest BCUT2D eigenvalue weighted by Gasteiger charge is 2.25. The molecule has 0 radical (unpaired) electrons. The summed E-state index contributed by atoms with van der Waals surface area (Å²) >= 11 is 0. The Hall–Kier alpha value is -1.38. The predicted octanol–water partition coefficient (Wildman–Crippen LogP) is 2.52. The van der Waals surface area contributed by atoms with Gasteiger partial charge in [-0.05, 0) is 44.7 Å². The molecule has 0 saturated heterocycles. The minimum absolute atomic E-state index is 0.623. The maximum atomic E-state index is 10.9. The molecule has 1 rings (SSSR count). The summed E-state index contributed by atoms with van der Waals surface area (Å²) in [5.41, 5.74) is 0.543. The van der Waals surface area contributed by atoms with Crippen LogP contribution in [0.5, 0.6) is 0 Å². The molecule has 0 spiro atoms. The first-order valence-electron chi connectivity index (χ1n) is 5.15. The van der Waals surface area contributed by atoms with Gasteiger partial charge >= 0.3 is 5.97 Å². The molecule has 15 heavy (non-hydrogen) atoms. The van der Waals surface area contributed by atoms with Crippen molar-refractivity contribution < 1.29 is 9.90 Å². The number of hydrogen-bond acceptors (Lipinski definition) is 2. The van der Waals surface area contributed by atoms with Crippen molar-refractivity contribution in [3.8, 4) is 0 Å². The third-order valence-electron chi connectivity index (χ3n) is 2.57. The summed E-state index contributed by atoms with van der Waals surface area (Å²) in [4.78, 5) is 14.9. The van der Waals surface area contributed by atoms with Crippen LogP contribution in [0.4, 0.5) is 0 Å². The first-order chi connectivity index (χ1) is 7.02. The normalized spacial score (nSPS) is 11.3. The number of aliphatic carboxylic acids is 1. The Bertz CT molecular complexity index is 320. The molecule has 0 aliphatic carbocycles. The first-order valence-corrected chi connectivity index (χ1v) is 5.15. The van der Waals surface area contributed by atoms with Crippen molar-refractivity contribution in [2.45, 2.75) is 33.1 Å². The van der Waals surface area contributed by atoms with E-state index in [9.17, 15) is 4.79 Å². The molecule has 1 aromatic rings. The van der Waals surface area contributed by atoms with Crippen molar-refractivity contribution in [3.63, 3.8) is 0 Å². The number of pyridine rings is 1. The van der Waals surface area contributed by atoms with Crippen LogP contribution in [-0.2, 0) is 11.2 Å². The zero-order valence-electron chi connectivity index (χ0n) is 9.23. The van der Waals surface area contributed by atoms with Crippen molar-refractivity contribution >= 4 is 5.97 Å². The highest BCUT2D eigenvalue weighted by molar-refractivity contribution is 5.73. The fourth-order valence-corrected chi connectivity index (χ4v) is 1.39. The largest absolute Gasteiger partial charge is 0.481 e. The molecule has 0 fully saturated rings. The van der Waals surface area contributed by atoms with Crippen molar-refractivity contribution in [2.75, 3.05) is 0 Å². The topological polar surface area (TPSA) is 50.2 Å². The van der Waals surface area contributed by atoms with E-state index in [4.69, 9.17) is 5.11 Å². The fraction of sp³-hybridized carbons (Fsp3) is 0.500. The molecule has 0 unspecified atom stereocenters. The SMILES string of the molecule is CC(C)(CCCc1cccnc1)C(=O)O. The molecule has 0 atom stereocenters. The van der Waals surface area contributed by atoms with Gasteiger partial charge in [0, 0.05) is 12.4 Å². The van der Waals surface area contributed by atoms with Crippen molar-refractivity contribution in [2.24, 2.45) is 5.41 Å². The molecule has 0 aliphatic rings. The van der Waals surface area contributed by atoms with Crippen LogP contribution in [0.1, 0.15) is 32.3 Å². The van der Waals surface area contributed by atoms with Crippen molar-refractivity contribution in [1.29, 1.82) is 0 Å². The number of aromatic nitrogens is 1. The lowest BCUT2D eigenvalue weighted by Crippen LogP contribution is -2.23. The first kappa shape index (κ1) is 11.7. The van der Waals surface area contributed by atoms with E-state index in [1.807, 2.05) is 18.3 Å². The monoisotopic (exact) mass is 207 g/mol. The summed E-state index contributed by atoms with van der Waals surface area (Å²) in [6, 6.07) is 3.92. The zero-order valence-corrected chi connectivity index (χ0v) is 9.23. The van der Waals surface area contributed by atoms with Crippen LogP contribution in [0.3, 0.4) is 0 Å². The van der Waals surface area contributed by atoms with Gasteiger partial charge in [0.15, 0.2) is 0 Å². The van der Waals surface area contributed by atoms with E-state index in [2.05, 4.69) is 4.98 Å². The number of aryl methyl sites for hydroxylation is 1. The Morgan fingerprint density at radius 1 is 1.53 bits per heavy atom. The summed E-state index contributed by atoms with van der Waals surface area (Å²) in [6.45, 7) is 3.52. The lowest BCUT2D eigenvalue weighted by atomic mass is 9.87. The summed E-state index contributed by atoms with van der Waals surface area (Å²) in [6.07, 6.45) is 6.03. The Morgan fingerprint density at radius 3 is 2.80 bits per heavy atom. The average Bonchev–Trinajstić information content (AvgIpc) is 2.19. The number of nitrogens with zero attached hydrogens (tertiary/aromatic N) is 1. The summed E-state index contributed by atoms with van der Waals surface area (Å²) in [5, 5.41) is 8.93. The molecule has 0 amide bonds. The highest BCUT2D eigenvalue weighted by Crippen LogP contribution is 2.23. The molecule has 3 nitrogen and oxygen atoms in total. The third-order valence-corrected chi connectivity index (χ3v) is 2.57. The van der Waals surface area contributed by atoms with E-state index in [-0.39, 0.29) is 0 Å². The van der Waals surface area contributed by atoms with E-state index >= 15 is 0 Å². The summed E-state index contributed by atoms with van der Waals surface area (Å²) in [7, 11) is 0. The summed E-state index contributed by atoms with van der Waals surface area (Å²) in [5.74, 6) is -0.728. The second-order valence-electron chi connectivity index (χ2n) is 4.40. The molecule has 1 heterocycles. The van der Waals surface area contributed by atoms with Gasteiger partial charge in [0.1, 0.15) is 0 Å². The van der Waals surface area contributed by atoms with Crippen LogP contribution in [0.25, 0.3) is 0 Å². The highest BCUT2D eigenvalue weighted by atomic mass is 16.4. The Balaban J connectivity index is 2.37. The van der Waals surface area contributed by atoms with Crippen LogP contribution < -0.4 is 0 Å². The maximum Gasteiger partial charge on any atom is 0.309 e. The Kier molecular flexibility index (Phi) is 3.83. The van der Waals surface area contributed by atoms with Gasteiger partial charge in [0.2, 0.25) is 0 Å². The minimum Gasteiger partial charge on any atom is -0.481 e. The number of carboxylic acids is 1. The molecule has 82 valence electrons. The van der Waals surface area contributed by atoms with Gasteiger partial charge in [-0.3, -0.25) is 9.78 Å². The number of hydrogen-bond donors (Lipinski definition) is 1. The summed E-state index contributed by atoms with van der Waals surface area (Å²) < 4.78 is 0. The maximum absolute atomic E-state index is 10.9. The molecular weight excluding hydrogens is 190 g/mol. The zero-order chi connectivity index (χ0) is 11.3. The molecule has 0 aliphatic heterocycles. The van der Waals surface area contributed by atoms with Gasteiger partial charge in [-0.1, -0.05) is 6.07 Å². The molecule has 0 saturated carbocycles. The number of carbonyl (C=O) groups is 1. The predicted molar refractivity (Wildman–Crippen MR) is 58.6 cm³/mol. The molecule has 3 heteroatoms. The van der Waals surface area contributed by atoms with Gasteiger partial charge < -0.3 is 5.11 Å². The molecule has 0 aromatic carbocycles. The third kappa shape index (κ3) is 3.70. The number of carboxylic acid groups (broad SMARTS) is 1. The van der Waals surface area contributed by atoms with Gasteiger partial charge in [0.25, 0.3) is 0 Å². The fourth-order valence-electron chi connectivity index (χ4n) is 1.39. The van der Waals surface area contributed by atoms with E-state index in [1.165, 1.54) is 5.56 Å². The van der Waals surface area contributed by atoms with Crippen molar-refractivity contribution in [3.05, 3.63) is 30.1 Å². The lowest BCUT2D eigenvalue weighted by Gasteiger charge is -2.18. The second kappa shape index (κ2) is 4.91. The van der Waals surface area contributed by atoms with Crippen molar-refractivity contribution in [1.82, 2.24) is 4.98 Å². The van der Waals surface area contributed by atoms with E-state index in [0.29, 0.717) is 6.42 Å². The smallest absolute Gasteiger partial charge is 0.309 e. The van der Waals surface area contributed by atoms with Crippen LogP contribution in [0.2, 0.25) is 0 Å². The average molecular weight is 207 g/mol. The molecule has 0 bridgehead atoms. The van der Waals surface area contributed by atoms with Crippen LogP contribution in [0.15, 0.2) is 24.5 Å². The van der Waals surface area contributed by atoms with Crippen LogP contribution in [0, 0.1) is 5.41 Å². The minimum atomic E-state index is -0.728. The lowest BCUT2D eigenvalue weighted by molar-refractivity contribution is -0.147. The van der Waals surface area contributed by atoms with Crippen LogP contribution in [-0.4, -0.2) is 16.1 Å². The standard InChI is InChI=1S/C12H17NO2/c1-12(2,11(14)15)7-3-5-10-6-4-8-13-9-10/h4,6,8-9H,3,5,7H2,1-2H3,(H,14,15). The Labute approximate surface area is 90.2 Å². The van der Waals surface area contributed by atoms with Gasteiger partial charge in [-0.15, -0.1) is 0 Å². The number of rotatable bonds is 5. The van der Waals surface area contributed by atoms with Gasteiger partial charge in [0.05, 0.1) is 5.41 Å². The van der Waals surface area contributed by atoms with E-state index in [0.717, 1.165) is 12.8 Å². The van der Waals surface area contributed by atoms with Gasteiger partial charge in [-0.25, -0.2) is 0 Å².